The number of halogens is 1. The third-order valence-corrected chi connectivity index (χ3v) is 3.35. The maximum absolute atomic E-state index is 11.1. The van der Waals surface area contributed by atoms with Gasteiger partial charge in [-0.05, 0) is 24.0 Å². The molecule has 0 bridgehead atoms. The van der Waals surface area contributed by atoms with E-state index in [1.54, 1.807) is 6.07 Å². The molecule has 1 fully saturated rings. The highest BCUT2D eigenvalue weighted by Gasteiger charge is 2.37. The van der Waals surface area contributed by atoms with Crippen molar-refractivity contribution in [3.8, 4) is 0 Å². The van der Waals surface area contributed by atoms with Crippen LogP contribution in [0.5, 0.6) is 0 Å². The quantitative estimate of drug-likeness (QED) is 0.789. The van der Waals surface area contributed by atoms with Gasteiger partial charge in [0.15, 0.2) is 0 Å². The van der Waals surface area contributed by atoms with Crippen LogP contribution in [0.4, 0.5) is 0 Å². The van der Waals surface area contributed by atoms with Gasteiger partial charge in [0, 0.05) is 10.4 Å². The van der Waals surface area contributed by atoms with Gasteiger partial charge >= 0.3 is 0 Å². The molecule has 2 unspecified atom stereocenters. The largest absolute Gasteiger partial charge is 0.366 e. The maximum atomic E-state index is 11.1. The summed E-state index contributed by atoms with van der Waals surface area (Å²) in [5.74, 6) is 0.144. The molecular formula is C10H10BrNO. The lowest BCUT2D eigenvalue weighted by atomic mass is 10.0. The first-order chi connectivity index (χ1) is 6.20. The van der Waals surface area contributed by atoms with E-state index in [-0.39, 0.29) is 5.91 Å². The van der Waals surface area contributed by atoms with Gasteiger partial charge in [-0.3, -0.25) is 4.79 Å². The van der Waals surface area contributed by atoms with Gasteiger partial charge in [0.25, 0.3) is 0 Å². The predicted molar refractivity (Wildman–Crippen MR) is 55.0 cm³/mol. The molecule has 1 aliphatic carbocycles. The smallest absolute Gasteiger partial charge is 0.248 e. The fourth-order valence-electron chi connectivity index (χ4n) is 1.53. The molecule has 0 saturated heterocycles. The van der Waals surface area contributed by atoms with Crippen molar-refractivity contribution in [1.29, 1.82) is 0 Å². The van der Waals surface area contributed by atoms with E-state index in [4.69, 9.17) is 5.73 Å². The van der Waals surface area contributed by atoms with Gasteiger partial charge in [-0.1, -0.05) is 34.1 Å². The molecule has 0 radical (unpaired) electrons. The fraction of sp³-hybridized carbons (Fsp3) is 0.300. The van der Waals surface area contributed by atoms with Crippen LogP contribution in [0.2, 0.25) is 0 Å². The predicted octanol–water partition coefficient (Wildman–Crippen LogP) is 2.04. The normalized spacial score (nSPS) is 25.6. The molecule has 13 heavy (non-hydrogen) atoms. The van der Waals surface area contributed by atoms with Crippen molar-refractivity contribution < 1.29 is 4.79 Å². The van der Waals surface area contributed by atoms with Gasteiger partial charge in [0.1, 0.15) is 0 Å². The molecule has 2 rings (SSSR count). The van der Waals surface area contributed by atoms with Crippen LogP contribution in [0.1, 0.15) is 28.3 Å². The van der Waals surface area contributed by atoms with Crippen LogP contribution in [0.25, 0.3) is 0 Å². The summed E-state index contributed by atoms with van der Waals surface area (Å²) >= 11 is 3.52. The van der Waals surface area contributed by atoms with Gasteiger partial charge in [0.2, 0.25) is 5.91 Å². The first kappa shape index (κ1) is 8.75. The average Bonchev–Trinajstić information content (AvgIpc) is 2.82. The van der Waals surface area contributed by atoms with Crippen LogP contribution in [-0.4, -0.2) is 10.7 Å². The molecule has 0 aromatic heterocycles. The van der Waals surface area contributed by atoms with E-state index in [0.717, 1.165) is 12.0 Å². The Hall–Kier alpha value is -0.830. The summed E-state index contributed by atoms with van der Waals surface area (Å²) in [6.07, 6.45) is 1.10. The SMILES string of the molecule is NC(=O)c1ccccc1C1CC1Br. The number of carbonyl (C=O) groups excluding carboxylic acids is 1. The molecule has 0 spiro atoms. The second-order valence-corrected chi connectivity index (χ2v) is 4.49. The Labute approximate surface area is 85.3 Å². The van der Waals surface area contributed by atoms with Gasteiger partial charge in [-0.2, -0.15) is 0 Å². The second kappa shape index (κ2) is 3.14. The molecule has 2 atom stereocenters. The molecule has 0 heterocycles. The summed E-state index contributed by atoms with van der Waals surface area (Å²) in [6, 6.07) is 7.55. The van der Waals surface area contributed by atoms with Crippen molar-refractivity contribution in [2.45, 2.75) is 17.2 Å². The standard InChI is InChI=1S/C10H10BrNO/c11-9-5-8(9)6-3-1-2-4-7(6)10(12)13/h1-4,8-9H,5H2,(H2,12,13). The Bertz CT molecular complexity index is 351. The zero-order valence-electron chi connectivity index (χ0n) is 7.03. The Kier molecular flexibility index (Phi) is 2.12. The molecule has 1 amide bonds. The minimum atomic E-state index is -0.331. The Morgan fingerprint density at radius 2 is 2.08 bits per heavy atom. The van der Waals surface area contributed by atoms with Crippen LogP contribution in [0.3, 0.4) is 0 Å². The van der Waals surface area contributed by atoms with Crippen molar-refractivity contribution in [3.63, 3.8) is 0 Å². The summed E-state index contributed by atoms with van der Waals surface area (Å²) in [4.78, 5) is 11.6. The maximum Gasteiger partial charge on any atom is 0.248 e. The third kappa shape index (κ3) is 1.61. The number of alkyl halides is 1. The highest BCUT2D eigenvalue weighted by atomic mass is 79.9. The number of carbonyl (C=O) groups is 1. The monoisotopic (exact) mass is 239 g/mol. The highest BCUT2D eigenvalue weighted by molar-refractivity contribution is 9.09. The van der Waals surface area contributed by atoms with E-state index in [0.29, 0.717) is 16.3 Å². The Morgan fingerprint density at radius 1 is 1.46 bits per heavy atom. The van der Waals surface area contributed by atoms with Crippen molar-refractivity contribution in [1.82, 2.24) is 0 Å². The lowest BCUT2D eigenvalue weighted by molar-refractivity contribution is 0.0999. The fourth-order valence-corrected chi connectivity index (χ4v) is 2.22. The molecule has 2 N–H and O–H groups in total. The van der Waals surface area contributed by atoms with Crippen molar-refractivity contribution in [3.05, 3.63) is 35.4 Å². The van der Waals surface area contributed by atoms with Gasteiger partial charge in [-0.15, -0.1) is 0 Å². The molecule has 3 heteroatoms. The van der Waals surface area contributed by atoms with E-state index in [1.165, 1.54) is 0 Å². The molecule has 2 nitrogen and oxygen atoms in total. The average molecular weight is 240 g/mol. The zero-order valence-corrected chi connectivity index (χ0v) is 8.62. The summed E-state index contributed by atoms with van der Waals surface area (Å²) < 4.78 is 0. The molecular weight excluding hydrogens is 230 g/mol. The van der Waals surface area contributed by atoms with E-state index in [1.807, 2.05) is 18.2 Å². The number of amides is 1. The first-order valence-corrected chi connectivity index (χ1v) is 5.14. The van der Waals surface area contributed by atoms with Crippen molar-refractivity contribution >= 4 is 21.8 Å². The van der Waals surface area contributed by atoms with Crippen molar-refractivity contribution in [2.24, 2.45) is 5.73 Å². The van der Waals surface area contributed by atoms with Gasteiger partial charge in [-0.25, -0.2) is 0 Å². The summed E-state index contributed by atoms with van der Waals surface area (Å²) in [5, 5.41) is 0. The lowest BCUT2D eigenvalue weighted by Crippen LogP contribution is -2.13. The molecule has 0 aliphatic heterocycles. The third-order valence-electron chi connectivity index (χ3n) is 2.34. The first-order valence-electron chi connectivity index (χ1n) is 4.23. The topological polar surface area (TPSA) is 43.1 Å². The van der Waals surface area contributed by atoms with Crippen molar-refractivity contribution in [2.75, 3.05) is 0 Å². The second-order valence-electron chi connectivity index (χ2n) is 3.31. The minimum Gasteiger partial charge on any atom is -0.366 e. The van der Waals surface area contributed by atoms with E-state index in [9.17, 15) is 4.79 Å². The van der Waals surface area contributed by atoms with Crippen LogP contribution < -0.4 is 5.73 Å². The van der Waals surface area contributed by atoms with Crippen LogP contribution in [-0.2, 0) is 0 Å². The molecule has 1 saturated carbocycles. The van der Waals surface area contributed by atoms with Gasteiger partial charge in [0.05, 0.1) is 0 Å². The molecule has 68 valence electrons. The number of nitrogens with two attached hydrogens (primary N) is 1. The number of hydrogen-bond donors (Lipinski definition) is 1. The molecule has 1 aromatic carbocycles. The summed E-state index contributed by atoms with van der Waals surface area (Å²) in [7, 11) is 0. The minimum absolute atomic E-state index is 0.331. The highest BCUT2D eigenvalue weighted by Crippen LogP contribution is 2.47. The lowest BCUT2D eigenvalue weighted by Gasteiger charge is -2.03. The van der Waals surface area contributed by atoms with E-state index < -0.39 is 0 Å². The summed E-state index contributed by atoms with van der Waals surface area (Å²) in [5.41, 5.74) is 7.01. The van der Waals surface area contributed by atoms with E-state index >= 15 is 0 Å². The number of primary amides is 1. The summed E-state index contributed by atoms with van der Waals surface area (Å²) in [6.45, 7) is 0. The zero-order chi connectivity index (χ0) is 9.42. The Balaban J connectivity index is 2.38. The van der Waals surface area contributed by atoms with E-state index in [2.05, 4.69) is 15.9 Å². The number of hydrogen-bond acceptors (Lipinski definition) is 1. The number of benzene rings is 1. The van der Waals surface area contributed by atoms with Crippen LogP contribution in [0, 0.1) is 0 Å². The molecule has 1 aromatic rings. The van der Waals surface area contributed by atoms with Gasteiger partial charge < -0.3 is 5.73 Å². The molecule has 1 aliphatic rings. The van der Waals surface area contributed by atoms with Crippen LogP contribution in [0.15, 0.2) is 24.3 Å². The van der Waals surface area contributed by atoms with Crippen LogP contribution >= 0.6 is 15.9 Å². The Morgan fingerprint density at radius 3 is 2.62 bits per heavy atom. The number of rotatable bonds is 2.